The van der Waals surface area contributed by atoms with Gasteiger partial charge >= 0.3 is 0 Å². The average molecular weight is 476 g/mol. The maximum absolute atomic E-state index is 9.75. The zero-order valence-electron chi connectivity index (χ0n) is 20.6. The average Bonchev–Trinajstić information content (AvgIpc) is 2.86. The second kappa shape index (κ2) is 11.0. The Kier molecular flexibility index (Phi) is 8.01. The molecule has 1 heterocycles. The first kappa shape index (κ1) is 24.8. The standard InChI is InChI=1S/C29H37NO3Si/c1-29(2,3)34(27-15-9-5-10-16-27,28-17-11-6-12-18-28)33-23-25-22-32-26(21-31)20-30(25)19-24-13-7-4-8-14-24/h4-18,25-26,31H,19-23H2,1-3H3/t25-,26+/m0/s1. The largest absolute Gasteiger partial charge is 0.406 e. The molecule has 3 aromatic rings. The van der Waals surface area contributed by atoms with E-state index in [9.17, 15) is 5.11 Å². The molecule has 0 aromatic heterocycles. The predicted octanol–water partition coefficient (Wildman–Crippen LogP) is 3.82. The second-order valence-corrected chi connectivity index (χ2v) is 14.5. The van der Waals surface area contributed by atoms with Crippen molar-refractivity contribution in [2.75, 3.05) is 26.4 Å². The minimum atomic E-state index is -2.61. The van der Waals surface area contributed by atoms with Crippen LogP contribution in [-0.2, 0) is 15.7 Å². The van der Waals surface area contributed by atoms with Crippen molar-refractivity contribution in [3.63, 3.8) is 0 Å². The lowest BCUT2D eigenvalue weighted by molar-refractivity contribution is -0.0942. The van der Waals surface area contributed by atoms with E-state index in [1.807, 2.05) is 6.07 Å². The molecule has 1 aliphatic rings. The van der Waals surface area contributed by atoms with Crippen LogP contribution in [0.5, 0.6) is 0 Å². The molecule has 1 saturated heterocycles. The summed E-state index contributed by atoms with van der Waals surface area (Å²) in [5.41, 5.74) is 1.26. The normalized spacial score (nSPS) is 19.8. The van der Waals surface area contributed by atoms with E-state index in [2.05, 4.69) is 111 Å². The Morgan fingerprint density at radius 3 is 1.91 bits per heavy atom. The number of aliphatic hydroxyl groups is 1. The lowest BCUT2D eigenvalue weighted by Crippen LogP contribution is -2.67. The smallest absolute Gasteiger partial charge is 0.261 e. The summed E-state index contributed by atoms with van der Waals surface area (Å²) >= 11 is 0. The molecule has 0 radical (unpaired) electrons. The molecule has 0 saturated carbocycles. The Balaban J connectivity index is 1.66. The number of hydrogen-bond donors (Lipinski definition) is 1. The van der Waals surface area contributed by atoms with Crippen LogP contribution in [0.15, 0.2) is 91.0 Å². The van der Waals surface area contributed by atoms with E-state index in [-0.39, 0.29) is 23.8 Å². The van der Waals surface area contributed by atoms with Crippen molar-refractivity contribution in [2.24, 2.45) is 0 Å². The molecular formula is C29H37NO3Si. The van der Waals surface area contributed by atoms with Gasteiger partial charge in [-0.2, -0.15) is 0 Å². The molecule has 0 bridgehead atoms. The summed E-state index contributed by atoms with van der Waals surface area (Å²) in [4.78, 5) is 2.41. The highest BCUT2D eigenvalue weighted by atomic mass is 28.4. The van der Waals surface area contributed by atoms with Crippen LogP contribution in [0.3, 0.4) is 0 Å². The van der Waals surface area contributed by atoms with E-state index in [0.29, 0.717) is 19.8 Å². The minimum absolute atomic E-state index is 0.0353. The summed E-state index contributed by atoms with van der Waals surface area (Å²) in [6.45, 7) is 9.60. The second-order valence-electron chi connectivity index (χ2n) is 10.2. The van der Waals surface area contributed by atoms with Gasteiger partial charge in [0.2, 0.25) is 0 Å². The highest BCUT2D eigenvalue weighted by Gasteiger charge is 2.50. The Labute approximate surface area is 205 Å². The number of nitrogens with zero attached hydrogens (tertiary/aromatic N) is 1. The van der Waals surface area contributed by atoms with Gasteiger partial charge in [-0.15, -0.1) is 0 Å². The quantitative estimate of drug-likeness (QED) is 0.503. The maximum atomic E-state index is 9.75. The molecule has 0 unspecified atom stereocenters. The summed E-state index contributed by atoms with van der Waals surface area (Å²) in [5, 5.41) is 12.3. The molecule has 0 amide bonds. The lowest BCUT2D eigenvalue weighted by atomic mass is 10.1. The first-order valence-electron chi connectivity index (χ1n) is 12.2. The van der Waals surface area contributed by atoms with Crippen LogP contribution in [0.2, 0.25) is 5.04 Å². The molecule has 1 aliphatic heterocycles. The summed E-state index contributed by atoms with van der Waals surface area (Å²) in [6.07, 6.45) is -0.159. The van der Waals surface area contributed by atoms with Gasteiger partial charge in [0.1, 0.15) is 0 Å². The summed E-state index contributed by atoms with van der Waals surface area (Å²) in [7, 11) is -2.61. The third kappa shape index (κ3) is 5.34. The van der Waals surface area contributed by atoms with Crippen LogP contribution in [0.1, 0.15) is 26.3 Å². The molecule has 34 heavy (non-hydrogen) atoms. The van der Waals surface area contributed by atoms with Gasteiger partial charge in [0.05, 0.1) is 32.0 Å². The first-order valence-corrected chi connectivity index (χ1v) is 14.1. The Hall–Kier alpha value is -2.28. The van der Waals surface area contributed by atoms with Gasteiger partial charge in [-0.1, -0.05) is 112 Å². The molecular weight excluding hydrogens is 438 g/mol. The Bertz CT molecular complexity index is 968. The first-order chi connectivity index (χ1) is 16.4. The number of rotatable bonds is 8. The number of ether oxygens (including phenoxy) is 1. The third-order valence-corrected chi connectivity index (χ3v) is 11.8. The van der Waals surface area contributed by atoms with Gasteiger partial charge in [-0.25, -0.2) is 0 Å². The number of benzene rings is 3. The van der Waals surface area contributed by atoms with E-state index in [0.717, 1.165) is 6.54 Å². The van der Waals surface area contributed by atoms with E-state index in [1.54, 1.807) is 0 Å². The van der Waals surface area contributed by atoms with E-state index in [4.69, 9.17) is 9.16 Å². The van der Waals surface area contributed by atoms with Crippen LogP contribution >= 0.6 is 0 Å². The van der Waals surface area contributed by atoms with Crippen molar-refractivity contribution in [1.29, 1.82) is 0 Å². The molecule has 4 nitrogen and oxygen atoms in total. The van der Waals surface area contributed by atoms with E-state index in [1.165, 1.54) is 15.9 Å². The van der Waals surface area contributed by atoms with Crippen LogP contribution in [0, 0.1) is 0 Å². The van der Waals surface area contributed by atoms with Crippen molar-refractivity contribution in [2.45, 2.75) is 44.5 Å². The van der Waals surface area contributed by atoms with Crippen molar-refractivity contribution in [3.8, 4) is 0 Å². The van der Waals surface area contributed by atoms with Crippen LogP contribution in [-0.4, -0.2) is 56.8 Å². The van der Waals surface area contributed by atoms with Crippen LogP contribution in [0.25, 0.3) is 0 Å². The number of morpholine rings is 1. The molecule has 2 atom stereocenters. The minimum Gasteiger partial charge on any atom is -0.406 e. The third-order valence-electron chi connectivity index (χ3n) is 6.82. The van der Waals surface area contributed by atoms with Crippen LogP contribution < -0.4 is 10.4 Å². The zero-order chi connectivity index (χ0) is 24.0. The topological polar surface area (TPSA) is 41.9 Å². The molecule has 180 valence electrons. The molecule has 3 aromatic carbocycles. The summed E-state index contributed by atoms with van der Waals surface area (Å²) < 4.78 is 13.2. The summed E-state index contributed by atoms with van der Waals surface area (Å²) in [5.74, 6) is 0. The Morgan fingerprint density at radius 2 is 1.41 bits per heavy atom. The molecule has 4 rings (SSSR count). The predicted molar refractivity (Wildman–Crippen MR) is 141 cm³/mol. The number of aliphatic hydroxyl groups excluding tert-OH is 1. The molecule has 5 heteroatoms. The fourth-order valence-corrected chi connectivity index (χ4v) is 9.67. The number of hydrogen-bond acceptors (Lipinski definition) is 4. The molecule has 1 fully saturated rings. The van der Waals surface area contributed by atoms with Crippen LogP contribution in [0.4, 0.5) is 0 Å². The SMILES string of the molecule is CC(C)(C)[Si](OC[C@@H]1CO[C@@H](CO)CN1Cc1ccccc1)(c1ccccc1)c1ccccc1. The zero-order valence-corrected chi connectivity index (χ0v) is 21.6. The van der Waals surface area contributed by atoms with E-state index < -0.39 is 8.32 Å². The highest BCUT2D eigenvalue weighted by Crippen LogP contribution is 2.37. The fraction of sp³-hybridized carbons (Fsp3) is 0.379. The molecule has 1 N–H and O–H groups in total. The van der Waals surface area contributed by atoms with Gasteiger partial charge in [-0.3, -0.25) is 4.90 Å². The maximum Gasteiger partial charge on any atom is 0.261 e. The molecule has 0 spiro atoms. The van der Waals surface area contributed by atoms with Gasteiger partial charge < -0.3 is 14.3 Å². The van der Waals surface area contributed by atoms with Gasteiger partial charge in [-0.05, 0) is 21.0 Å². The summed E-state index contributed by atoms with van der Waals surface area (Å²) in [6, 6.07) is 32.1. The molecule has 0 aliphatic carbocycles. The van der Waals surface area contributed by atoms with Crippen molar-refractivity contribution in [3.05, 3.63) is 96.6 Å². The van der Waals surface area contributed by atoms with Gasteiger partial charge in [0, 0.05) is 13.1 Å². The fourth-order valence-electron chi connectivity index (χ4n) is 5.07. The van der Waals surface area contributed by atoms with Gasteiger partial charge in [0.25, 0.3) is 8.32 Å². The van der Waals surface area contributed by atoms with Crippen molar-refractivity contribution >= 4 is 18.7 Å². The van der Waals surface area contributed by atoms with E-state index >= 15 is 0 Å². The highest BCUT2D eigenvalue weighted by molar-refractivity contribution is 6.99. The monoisotopic (exact) mass is 475 g/mol. The van der Waals surface area contributed by atoms with Gasteiger partial charge in [0.15, 0.2) is 0 Å². The van der Waals surface area contributed by atoms with Crippen molar-refractivity contribution < 1.29 is 14.3 Å². The lowest BCUT2D eigenvalue weighted by Gasteiger charge is -2.46. The van der Waals surface area contributed by atoms with Crippen molar-refractivity contribution in [1.82, 2.24) is 4.90 Å². The Morgan fingerprint density at radius 1 is 0.882 bits per heavy atom.